The molecule has 0 aliphatic carbocycles. The van der Waals surface area contributed by atoms with Gasteiger partial charge in [-0.1, -0.05) is 140 Å². The van der Waals surface area contributed by atoms with Gasteiger partial charge in [0.1, 0.15) is 4.83 Å². The van der Waals surface area contributed by atoms with Gasteiger partial charge < -0.3 is 9.47 Å². The van der Waals surface area contributed by atoms with Crippen LogP contribution in [0.15, 0.2) is 206 Å². The molecule has 10 aromatic rings. The van der Waals surface area contributed by atoms with Crippen molar-refractivity contribution < 1.29 is 0 Å². The van der Waals surface area contributed by atoms with Crippen LogP contribution >= 0.6 is 11.3 Å². The Balaban J connectivity index is 1.10. The van der Waals surface area contributed by atoms with Gasteiger partial charge in [0.15, 0.2) is 0 Å². The molecule has 0 atom stereocenters. The molecule has 10 rings (SSSR count). The van der Waals surface area contributed by atoms with Gasteiger partial charge in [0.2, 0.25) is 0 Å². The highest BCUT2D eigenvalue weighted by molar-refractivity contribution is 7.25. The predicted octanol–water partition coefficient (Wildman–Crippen LogP) is 14.5. The second-order valence-electron chi connectivity index (χ2n) is 13.4. The van der Waals surface area contributed by atoms with Gasteiger partial charge in [-0.15, -0.1) is 11.3 Å². The molecule has 2 nitrogen and oxygen atoms in total. The Bertz CT molecular complexity index is 2770. The second kappa shape index (κ2) is 13.1. The smallest absolute Gasteiger partial charge is 0.109 e. The summed E-state index contributed by atoms with van der Waals surface area (Å²) in [4.78, 5) is 3.64. The van der Waals surface area contributed by atoms with Crippen molar-refractivity contribution >= 4 is 59.6 Å². The van der Waals surface area contributed by atoms with Crippen LogP contribution in [-0.4, -0.2) is 4.57 Å². The minimum absolute atomic E-state index is 1.11. The predicted molar refractivity (Wildman–Crippen MR) is 227 cm³/mol. The lowest BCUT2D eigenvalue weighted by Gasteiger charge is -2.26. The van der Waals surface area contributed by atoms with Gasteiger partial charge in [-0.2, -0.15) is 0 Å². The molecule has 0 unspecified atom stereocenters. The van der Waals surface area contributed by atoms with Crippen LogP contribution in [0.1, 0.15) is 0 Å². The fraction of sp³-hybridized carbons (Fsp3) is 0. The van der Waals surface area contributed by atoms with Gasteiger partial charge >= 0.3 is 0 Å². The molecule has 2 heterocycles. The molecule has 0 spiro atoms. The fourth-order valence-corrected chi connectivity index (χ4v) is 8.89. The van der Waals surface area contributed by atoms with Crippen LogP contribution in [-0.2, 0) is 0 Å². The number of thiophene rings is 1. The quantitative estimate of drug-likeness (QED) is 0.161. The highest BCUT2D eigenvalue weighted by Gasteiger charge is 2.19. The Hall–Kier alpha value is -6.68. The van der Waals surface area contributed by atoms with Crippen molar-refractivity contribution in [3.8, 4) is 39.1 Å². The number of nitrogens with zero attached hydrogens (tertiary/aromatic N) is 2. The van der Waals surface area contributed by atoms with Crippen molar-refractivity contribution in [1.82, 2.24) is 4.57 Å². The van der Waals surface area contributed by atoms with E-state index >= 15 is 0 Å². The molecule has 0 aliphatic rings. The summed E-state index contributed by atoms with van der Waals surface area (Å²) in [6.45, 7) is 0. The summed E-state index contributed by atoms with van der Waals surface area (Å²) in [6, 6.07) is 74.4. The van der Waals surface area contributed by atoms with E-state index in [0.29, 0.717) is 0 Å². The first-order valence-corrected chi connectivity index (χ1v) is 18.8. The van der Waals surface area contributed by atoms with Gasteiger partial charge in [-0.05, 0) is 100 Å². The molecule has 0 N–H and O–H groups in total. The third-order valence-electron chi connectivity index (χ3n) is 10.2. The maximum atomic E-state index is 2.43. The number of hydrogen-bond acceptors (Lipinski definition) is 2. The SMILES string of the molecule is c1ccc(-c2ccc(N(c3ccc(-c4ccccc4)cc3)c3cccc(-c4ccc5c(c4)c4c6ccccc6sc4n5-c4ccccc4)c3)cc2)cc1. The molecule has 250 valence electrons. The lowest BCUT2D eigenvalue weighted by Crippen LogP contribution is -2.10. The summed E-state index contributed by atoms with van der Waals surface area (Å²) in [6.07, 6.45) is 0. The first-order valence-electron chi connectivity index (χ1n) is 18.0. The van der Waals surface area contributed by atoms with Crippen LogP contribution in [0.25, 0.3) is 70.3 Å². The first-order chi connectivity index (χ1) is 26.3. The first kappa shape index (κ1) is 31.1. The highest BCUT2D eigenvalue weighted by Crippen LogP contribution is 2.44. The number of fused-ring (bicyclic) bond motifs is 5. The minimum Gasteiger partial charge on any atom is -0.310 e. The maximum absolute atomic E-state index is 2.43. The summed E-state index contributed by atoms with van der Waals surface area (Å²) in [5, 5.41) is 3.90. The summed E-state index contributed by atoms with van der Waals surface area (Å²) < 4.78 is 3.74. The normalized spacial score (nSPS) is 11.4. The maximum Gasteiger partial charge on any atom is 0.109 e. The molecule has 0 saturated carbocycles. The molecular formula is C50H34N2S. The Morgan fingerprint density at radius 3 is 1.51 bits per heavy atom. The molecule has 0 amide bonds. The van der Waals surface area contributed by atoms with E-state index in [1.165, 1.54) is 70.3 Å². The number of aromatic nitrogens is 1. The molecule has 0 saturated heterocycles. The summed E-state index contributed by atoms with van der Waals surface area (Å²) in [5.74, 6) is 0. The molecule has 3 heteroatoms. The minimum atomic E-state index is 1.11. The van der Waals surface area contributed by atoms with E-state index in [4.69, 9.17) is 0 Å². The third-order valence-corrected chi connectivity index (χ3v) is 11.4. The standard InChI is InChI=1S/C50H34N2S/c1-4-13-35(14-5-1)37-23-28-42(29-24-37)51(43-30-25-38(26-31-43)36-15-6-2-7-16-36)44-20-12-17-39(33-44)40-27-32-47-46(34-40)49-45-21-10-11-22-48(45)53-50(49)52(47)41-18-8-3-9-19-41/h1-34H. The molecule has 0 fully saturated rings. The van der Waals surface area contributed by atoms with Gasteiger partial charge in [0, 0.05) is 43.6 Å². The lowest BCUT2D eigenvalue weighted by atomic mass is 10.0. The molecule has 0 aliphatic heterocycles. The Kier molecular flexibility index (Phi) is 7.71. The van der Waals surface area contributed by atoms with E-state index in [2.05, 4.69) is 216 Å². The highest BCUT2D eigenvalue weighted by atomic mass is 32.1. The molecular weight excluding hydrogens is 661 g/mol. The van der Waals surface area contributed by atoms with Gasteiger partial charge in [0.25, 0.3) is 0 Å². The van der Waals surface area contributed by atoms with Gasteiger partial charge in [0.05, 0.1) is 5.52 Å². The van der Waals surface area contributed by atoms with Crippen molar-refractivity contribution in [3.05, 3.63) is 206 Å². The van der Waals surface area contributed by atoms with E-state index in [1.54, 1.807) is 0 Å². The zero-order valence-corrected chi connectivity index (χ0v) is 29.7. The Morgan fingerprint density at radius 2 is 0.868 bits per heavy atom. The van der Waals surface area contributed by atoms with E-state index in [9.17, 15) is 0 Å². The Morgan fingerprint density at radius 1 is 0.358 bits per heavy atom. The second-order valence-corrected chi connectivity index (χ2v) is 14.4. The zero-order valence-electron chi connectivity index (χ0n) is 28.9. The summed E-state index contributed by atoms with van der Waals surface area (Å²) in [5.41, 5.74) is 12.9. The lowest BCUT2D eigenvalue weighted by molar-refractivity contribution is 1.19. The fourth-order valence-electron chi connectivity index (χ4n) is 7.64. The number of hydrogen-bond donors (Lipinski definition) is 0. The Labute approximate surface area is 313 Å². The van der Waals surface area contributed by atoms with Gasteiger partial charge in [-0.3, -0.25) is 0 Å². The van der Waals surface area contributed by atoms with Crippen LogP contribution in [0.5, 0.6) is 0 Å². The largest absolute Gasteiger partial charge is 0.310 e. The van der Waals surface area contributed by atoms with Crippen molar-refractivity contribution in [1.29, 1.82) is 0 Å². The van der Waals surface area contributed by atoms with E-state index < -0.39 is 0 Å². The average Bonchev–Trinajstić information content (AvgIpc) is 3.77. The number of rotatable bonds is 7. The number of para-hydroxylation sites is 1. The van der Waals surface area contributed by atoms with Gasteiger partial charge in [-0.25, -0.2) is 0 Å². The number of anilines is 3. The van der Waals surface area contributed by atoms with Crippen molar-refractivity contribution in [3.63, 3.8) is 0 Å². The van der Waals surface area contributed by atoms with Crippen LogP contribution in [0.3, 0.4) is 0 Å². The molecule has 2 aromatic heterocycles. The molecule has 53 heavy (non-hydrogen) atoms. The molecule has 8 aromatic carbocycles. The molecule has 0 radical (unpaired) electrons. The zero-order chi connectivity index (χ0) is 35.1. The van der Waals surface area contributed by atoms with Crippen molar-refractivity contribution in [2.45, 2.75) is 0 Å². The van der Waals surface area contributed by atoms with Crippen molar-refractivity contribution in [2.75, 3.05) is 4.90 Å². The van der Waals surface area contributed by atoms with E-state index in [-0.39, 0.29) is 0 Å². The van der Waals surface area contributed by atoms with E-state index in [1.807, 2.05) is 11.3 Å². The molecule has 0 bridgehead atoms. The third kappa shape index (κ3) is 5.59. The van der Waals surface area contributed by atoms with Crippen LogP contribution in [0, 0.1) is 0 Å². The van der Waals surface area contributed by atoms with Crippen LogP contribution < -0.4 is 4.90 Å². The van der Waals surface area contributed by atoms with Crippen molar-refractivity contribution in [2.24, 2.45) is 0 Å². The van der Waals surface area contributed by atoms with Crippen LogP contribution in [0.2, 0.25) is 0 Å². The average molecular weight is 695 g/mol. The number of benzene rings is 8. The topological polar surface area (TPSA) is 8.17 Å². The summed E-state index contributed by atoms with van der Waals surface area (Å²) in [7, 11) is 0. The summed E-state index contributed by atoms with van der Waals surface area (Å²) >= 11 is 1.87. The van der Waals surface area contributed by atoms with Crippen LogP contribution in [0.4, 0.5) is 17.1 Å². The monoisotopic (exact) mass is 694 g/mol. The van der Waals surface area contributed by atoms with E-state index in [0.717, 1.165) is 17.1 Å².